The van der Waals surface area contributed by atoms with Gasteiger partial charge >= 0.3 is 12.1 Å². The van der Waals surface area contributed by atoms with E-state index in [4.69, 9.17) is 4.74 Å². The molecule has 0 saturated carbocycles. The number of aliphatic hydroxyl groups excluding tert-OH is 1. The first-order valence-electron chi connectivity index (χ1n) is 9.17. The Morgan fingerprint density at radius 3 is 2.69 bits per heavy atom. The predicted molar refractivity (Wildman–Crippen MR) is 106 cm³/mol. The fraction of sp³-hybridized carbons (Fsp3) is 0.150. The maximum Gasteiger partial charge on any atom is 0.416 e. The molecule has 9 nitrogen and oxygen atoms in total. The van der Waals surface area contributed by atoms with E-state index in [9.17, 15) is 23.1 Å². The Morgan fingerprint density at radius 2 is 1.97 bits per heavy atom. The number of halogens is 3. The van der Waals surface area contributed by atoms with Crippen molar-refractivity contribution < 1.29 is 27.8 Å². The standard InChI is InChI=1S/C20H15F3N6O3/c1-32-19(31)16(18-24-13-7-2-3-8-14(13)25-18)15(30)10-29-27-17(26-28-29)11-5-4-6-12(9-11)20(21,22)23/h2-9,30H,10H2,1H3,(H,24,25)/b16-15-. The van der Waals surface area contributed by atoms with Crippen molar-refractivity contribution in [3.05, 3.63) is 65.7 Å². The summed E-state index contributed by atoms with van der Waals surface area (Å²) in [6, 6.07) is 11.5. The zero-order valence-electron chi connectivity index (χ0n) is 16.5. The number of aromatic nitrogens is 6. The second kappa shape index (κ2) is 8.13. The molecule has 0 fully saturated rings. The lowest BCUT2D eigenvalue weighted by atomic mass is 10.1. The van der Waals surface area contributed by atoms with Crippen molar-refractivity contribution >= 4 is 22.6 Å². The van der Waals surface area contributed by atoms with Crippen LogP contribution in [-0.2, 0) is 22.3 Å². The minimum Gasteiger partial charge on any atom is -0.509 e. The number of aromatic amines is 1. The molecule has 32 heavy (non-hydrogen) atoms. The van der Waals surface area contributed by atoms with E-state index in [1.165, 1.54) is 12.1 Å². The largest absolute Gasteiger partial charge is 0.509 e. The lowest BCUT2D eigenvalue weighted by Gasteiger charge is -2.07. The molecular weight excluding hydrogens is 429 g/mol. The summed E-state index contributed by atoms with van der Waals surface area (Å²) in [5.41, 5.74) is 0.221. The smallest absolute Gasteiger partial charge is 0.416 e. The molecule has 0 radical (unpaired) electrons. The Balaban J connectivity index is 1.66. The van der Waals surface area contributed by atoms with E-state index in [1.54, 1.807) is 24.3 Å². The summed E-state index contributed by atoms with van der Waals surface area (Å²) in [6.45, 7) is -0.395. The molecule has 0 unspecified atom stereocenters. The van der Waals surface area contributed by atoms with Gasteiger partial charge in [0.2, 0.25) is 5.82 Å². The van der Waals surface area contributed by atoms with Crippen molar-refractivity contribution in [2.45, 2.75) is 12.7 Å². The van der Waals surface area contributed by atoms with Crippen LogP contribution < -0.4 is 0 Å². The predicted octanol–water partition coefficient (Wildman–Crippen LogP) is 3.38. The lowest BCUT2D eigenvalue weighted by molar-refractivity contribution is -0.137. The number of carbonyl (C=O) groups is 1. The highest BCUT2D eigenvalue weighted by molar-refractivity contribution is 6.16. The second-order valence-electron chi connectivity index (χ2n) is 6.64. The van der Waals surface area contributed by atoms with Gasteiger partial charge in [-0.3, -0.25) is 0 Å². The molecule has 2 aromatic heterocycles. The van der Waals surface area contributed by atoms with E-state index in [1.807, 2.05) is 0 Å². The Labute approximate surface area is 178 Å². The third-order valence-electron chi connectivity index (χ3n) is 4.50. The summed E-state index contributed by atoms with van der Waals surface area (Å²) in [7, 11) is 1.15. The first-order valence-corrected chi connectivity index (χ1v) is 9.17. The van der Waals surface area contributed by atoms with Crippen LogP contribution in [0.3, 0.4) is 0 Å². The van der Waals surface area contributed by atoms with E-state index >= 15 is 0 Å². The number of aliphatic hydroxyl groups is 1. The molecule has 2 N–H and O–H groups in total. The molecule has 0 aliphatic carbocycles. The topological polar surface area (TPSA) is 119 Å². The van der Waals surface area contributed by atoms with Gasteiger partial charge in [-0.15, -0.1) is 10.2 Å². The summed E-state index contributed by atoms with van der Waals surface area (Å²) in [4.78, 5) is 20.5. The normalized spacial score (nSPS) is 12.6. The van der Waals surface area contributed by atoms with Crippen LogP contribution in [0.15, 0.2) is 54.3 Å². The molecule has 2 heterocycles. The van der Waals surface area contributed by atoms with Crippen LogP contribution in [0.5, 0.6) is 0 Å². The zero-order chi connectivity index (χ0) is 22.9. The number of allylic oxidation sites excluding steroid dienone is 1. The van der Waals surface area contributed by atoms with Crippen LogP contribution in [0, 0.1) is 0 Å². The maximum absolute atomic E-state index is 12.9. The summed E-state index contributed by atoms with van der Waals surface area (Å²) < 4.78 is 43.6. The molecule has 0 amide bonds. The second-order valence-corrected chi connectivity index (χ2v) is 6.64. The number of para-hydroxylation sites is 2. The van der Waals surface area contributed by atoms with E-state index in [-0.39, 0.29) is 22.8 Å². The number of alkyl halides is 3. The number of hydrogen-bond donors (Lipinski definition) is 2. The molecule has 0 aliphatic heterocycles. The SMILES string of the molecule is COC(=O)/C(=C(\O)Cn1nnc(-c2cccc(C(F)(F)F)c2)n1)c1nc2ccccc2[nH]1. The van der Waals surface area contributed by atoms with Gasteiger partial charge in [0.1, 0.15) is 23.7 Å². The number of H-pyrrole nitrogens is 1. The fourth-order valence-electron chi connectivity index (χ4n) is 3.00. The van der Waals surface area contributed by atoms with Crippen molar-refractivity contribution in [3.8, 4) is 11.4 Å². The van der Waals surface area contributed by atoms with Crippen LogP contribution in [0.4, 0.5) is 13.2 Å². The van der Waals surface area contributed by atoms with Gasteiger partial charge in [0.25, 0.3) is 0 Å². The van der Waals surface area contributed by atoms with Crippen LogP contribution in [0.1, 0.15) is 11.4 Å². The van der Waals surface area contributed by atoms with Crippen LogP contribution in [0.25, 0.3) is 28.0 Å². The number of esters is 1. The van der Waals surface area contributed by atoms with Crippen LogP contribution in [-0.4, -0.2) is 48.4 Å². The Hall–Kier alpha value is -4.22. The van der Waals surface area contributed by atoms with Crippen molar-refractivity contribution in [1.29, 1.82) is 0 Å². The molecule has 0 bridgehead atoms. The van der Waals surface area contributed by atoms with Gasteiger partial charge in [0.05, 0.1) is 23.7 Å². The molecular formula is C20H15F3N6O3. The summed E-state index contributed by atoms with van der Waals surface area (Å²) in [5, 5.41) is 22.1. The number of tetrazole rings is 1. The number of hydrogen-bond acceptors (Lipinski definition) is 7. The number of rotatable bonds is 5. The average Bonchev–Trinajstić information content (AvgIpc) is 3.40. The first kappa shape index (κ1) is 21.0. The van der Waals surface area contributed by atoms with Gasteiger partial charge in [-0.1, -0.05) is 24.3 Å². The lowest BCUT2D eigenvalue weighted by Crippen LogP contribution is -2.13. The zero-order valence-corrected chi connectivity index (χ0v) is 16.5. The summed E-state index contributed by atoms with van der Waals surface area (Å²) in [5.74, 6) is -1.32. The number of methoxy groups -OCH3 is 1. The van der Waals surface area contributed by atoms with E-state index in [0.29, 0.717) is 11.0 Å². The van der Waals surface area contributed by atoms with Crippen molar-refractivity contribution in [2.24, 2.45) is 0 Å². The third kappa shape index (κ3) is 4.15. The van der Waals surface area contributed by atoms with Crippen LogP contribution >= 0.6 is 0 Å². The van der Waals surface area contributed by atoms with E-state index in [2.05, 4.69) is 25.4 Å². The summed E-state index contributed by atoms with van der Waals surface area (Å²) in [6.07, 6.45) is -4.52. The number of fused-ring (bicyclic) bond motifs is 1. The highest BCUT2D eigenvalue weighted by Crippen LogP contribution is 2.31. The number of nitrogens with one attached hydrogen (secondary N) is 1. The molecule has 4 rings (SSSR count). The number of imidazole rings is 1. The van der Waals surface area contributed by atoms with Gasteiger partial charge in [0.15, 0.2) is 0 Å². The fourth-order valence-corrected chi connectivity index (χ4v) is 3.00. The number of ether oxygens (including phenoxy) is 1. The van der Waals surface area contributed by atoms with Crippen LogP contribution in [0.2, 0.25) is 0 Å². The minimum atomic E-state index is -4.52. The van der Waals surface area contributed by atoms with Gasteiger partial charge < -0.3 is 14.8 Å². The number of benzene rings is 2. The monoisotopic (exact) mass is 444 g/mol. The Bertz CT molecular complexity index is 1290. The average molecular weight is 444 g/mol. The number of carbonyl (C=O) groups excluding carboxylic acids is 1. The maximum atomic E-state index is 12.9. The van der Waals surface area contributed by atoms with Gasteiger partial charge in [-0.2, -0.15) is 18.0 Å². The molecule has 164 valence electrons. The van der Waals surface area contributed by atoms with Crippen molar-refractivity contribution in [2.75, 3.05) is 7.11 Å². The molecule has 0 atom stereocenters. The highest BCUT2D eigenvalue weighted by Gasteiger charge is 2.31. The highest BCUT2D eigenvalue weighted by atomic mass is 19.4. The van der Waals surface area contributed by atoms with Gasteiger partial charge in [-0.05, 0) is 29.5 Å². The quantitative estimate of drug-likeness (QED) is 0.275. The number of nitrogens with zero attached hydrogens (tertiary/aromatic N) is 5. The van der Waals surface area contributed by atoms with E-state index in [0.717, 1.165) is 24.0 Å². The first-order chi connectivity index (χ1) is 15.3. The molecule has 0 spiro atoms. The molecule has 4 aromatic rings. The summed E-state index contributed by atoms with van der Waals surface area (Å²) >= 11 is 0. The molecule has 2 aromatic carbocycles. The molecule has 0 aliphatic rings. The third-order valence-corrected chi connectivity index (χ3v) is 4.50. The van der Waals surface area contributed by atoms with Crippen molar-refractivity contribution in [3.63, 3.8) is 0 Å². The molecule has 12 heteroatoms. The Morgan fingerprint density at radius 1 is 1.19 bits per heavy atom. The van der Waals surface area contributed by atoms with Gasteiger partial charge in [0, 0.05) is 5.56 Å². The van der Waals surface area contributed by atoms with Gasteiger partial charge in [-0.25, -0.2) is 9.78 Å². The van der Waals surface area contributed by atoms with E-state index < -0.39 is 30.0 Å². The van der Waals surface area contributed by atoms with Crippen molar-refractivity contribution in [1.82, 2.24) is 30.2 Å². The Kier molecular flexibility index (Phi) is 5.34. The minimum absolute atomic E-state index is 0.0766. The molecule has 0 saturated heterocycles.